The Hall–Kier alpha value is -2.41. The molecule has 1 aliphatic heterocycles. The molecular formula is C23H37N7. The molecular weight excluding hydrogens is 374 g/mol. The molecule has 0 bridgehead atoms. The molecule has 2 aromatic heterocycles. The van der Waals surface area contributed by atoms with Crippen molar-refractivity contribution < 1.29 is 0 Å². The van der Waals surface area contributed by atoms with Crippen molar-refractivity contribution in [3.8, 4) is 5.82 Å². The molecule has 2 N–H and O–H groups in total. The van der Waals surface area contributed by atoms with E-state index in [1.165, 1.54) is 25.9 Å². The molecule has 0 radical (unpaired) electrons. The fourth-order valence-corrected chi connectivity index (χ4v) is 3.80. The van der Waals surface area contributed by atoms with E-state index in [-0.39, 0.29) is 0 Å². The summed E-state index contributed by atoms with van der Waals surface area (Å²) in [6.45, 7) is 14.5. The van der Waals surface area contributed by atoms with Gasteiger partial charge in [-0.1, -0.05) is 13.0 Å². The van der Waals surface area contributed by atoms with Crippen LogP contribution in [0.4, 0.5) is 0 Å². The van der Waals surface area contributed by atoms with E-state index in [1.807, 2.05) is 30.8 Å². The van der Waals surface area contributed by atoms with Gasteiger partial charge >= 0.3 is 0 Å². The van der Waals surface area contributed by atoms with Crippen molar-refractivity contribution in [1.82, 2.24) is 30.3 Å². The lowest BCUT2D eigenvalue weighted by molar-refractivity contribution is 0.191. The van der Waals surface area contributed by atoms with Gasteiger partial charge in [-0.15, -0.1) is 0 Å². The first-order valence-electron chi connectivity index (χ1n) is 11.3. The van der Waals surface area contributed by atoms with Gasteiger partial charge in [0.2, 0.25) is 0 Å². The summed E-state index contributed by atoms with van der Waals surface area (Å²) in [4.78, 5) is 11.9. The van der Waals surface area contributed by atoms with Crippen LogP contribution in [0.1, 0.15) is 50.1 Å². The Balaban J connectivity index is 1.47. The minimum Gasteiger partial charge on any atom is -0.357 e. The molecule has 0 aliphatic carbocycles. The van der Waals surface area contributed by atoms with Crippen LogP contribution in [-0.2, 0) is 6.54 Å². The maximum absolute atomic E-state index is 4.72. The number of aromatic nitrogens is 3. The Kier molecular flexibility index (Phi) is 8.25. The van der Waals surface area contributed by atoms with E-state index in [9.17, 15) is 0 Å². The van der Waals surface area contributed by atoms with E-state index < -0.39 is 0 Å². The van der Waals surface area contributed by atoms with Crippen LogP contribution in [0.5, 0.6) is 0 Å². The third-order valence-electron chi connectivity index (χ3n) is 5.62. The average molecular weight is 412 g/mol. The number of aryl methyl sites for hydroxylation is 2. The summed E-state index contributed by atoms with van der Waals surface area (Å²) in [5, 5.41) is 11.3. The third-order valence-corrected chi connectivity index (χ3v) is 5.62. The lowest BCUT2D eigenvalue weighted by Crippen LogP contribution is -2.39. The predicted molar refractivity (Wildman–Crippen MR) is 123 cm³/mol. The molecule has 1 saturated heterocycles. The van der Waals surface area contributed by atoms with E-state index >= 15 is 0 Å². The fourth-order valence-electron chi connectivity index (χ4n) is 3.80. The highest BCUT2D eigenvalue weighted by atomic mass is 15.3. The van der Waals surface area contributed by atoms with Crippen LogP contribution < -0.4 is 10.6 Å². The molecule has 30 heavy (non-hydrogen) atoms. The first kappa shape index (κ1) is 22.3. The molecule has 0 unspecified atom stereocenters. The molecule has 0 saturated carbocycles. The first-order valence-corrected chi connectivity index (χ1v) is 11.3. The van der Waals surface area contributed by atoms with Crippen molar-refractivity contribution >= 4 is 5.96 Å². The molecule has 2 aromatic rings. The number of hydrogen-bond donors (Lipinski definition) is 2. The van der Waals surface area contributed by atoms with Crippen molar-refractivity contribution in [3.05, 3.63) is 41.3 Å². The zero-order valence-electron chi connectivity index (χ0n) is 19.0. The lowest BCUT2D eigenvalue weighted by Gasteiger charge is -2.30. The molecule has 3 heterocycles. The summed E-state index contributed by atoms with van der Waals surface area (Å²) in [5.74, 6) is 2.60. The largest absolute Gasteiger partial charge is 0.357 e. The highest BCUT2D eigenvalue weighted by Gasteiger charge is 2.14. The number of piperidine rings is 1. The van der Waals surface area contributed by atoms with Crippen LogP contribution >= 0.6 is 0 Å². The SMILES string of the molecule is CCNC(=NCc1ccc(-n2nc(C)cc2C)nc1)NCCCN1CCC(C)CC1. The summed E-state index contributed by atoms with van der Waals surface area (Å²) in [6.07, 6.45) is 5.70. The van der Waals surface area contributed by atoms with Gasteiger partial charge in [0.05, 0.1) is 12.2 Å². The van der Waals surface area contributed by atoms with Gasteiger partial charge in [0.1, 0.15) is 0 Å². The van der Waals surface area contributed by atoms with Gasteiger partial charge in [-0.2, -0.15) is 5.10 Å². The van der Waals surface area contributed by atoms with Gasteiger partial charge in [-0.3, -0.25) is 0 Å². The molecule has 0 spiro atoms. The van der Waals surface area contributed by atoms with Crippen molar-refractivity contribution in [2.75, 3.05) is 32.7 Å². The van der Waals surface area contributed by atoms with Crippen LogP contribution in [0, 0.1) is 19.8 Å². The Bertz CT molecular complexity index is 801. The number of hydrogen-bond acceptors (Lipinski definition) is 4. The van der Waals surface area contributed by atoms with Gasteiger partial charge in [0.15, 0.2) is 11.8 Å². The zero-order chi connectivity index (χ0) is 21.3. The maximum Gasteiger partial charge on any atom is 0.191 e. The normalized spacial score (nSPS) is 16.1. The van der Waals surface area contributed by atoms with Gasteiger partial charge in [0, 0.05) is 25.0 Å². The molecule has 7 nitrogen and oxygen atoms in total. The van der Waals surface area contributed by atoms with Crippen molar-refractivity contribution in [2.24, 2.45) is 10.9 Å². The van der Waals surface area contributed by atoms with Crippen LogP contribution in [0.25, 0.3) is 5.82 Å². The van der Waals surface area contributed by atoms with Crippen LogP contribution in [-0.4, -0.2) is 58.3 Å². The van der Waals surface area contributed by atoms with E-state index in [2.05, 4.69) is 51.6 Å². The smallest absolute Gasteiger partial charge is 0.191 e. The Labute approximate surface area is 181 Å². The molecule has 0 atom stereocenters. The van der Waals surface area contributed by atoms with Gasteiger partial charge in [-0.05, 0) is 83.3 Å². The Morgan fingerprint density at radius 1 is 1.20 bits per heavy atom. The zero-order valence-corrected chi connectivity index (χ0v) is 19.0. The Morgan fingerprint density at radius 3 is 2.63 bits per heavy atom. The average Bonchev–Trinajstić information content (AvgIpc) is 3.09. The Morgan fingerprint density at radius 2 is 2.00 bits per heavy atom. The molecule has 0 amide bonds. The van der Waals surface area contributed by atoms with Crippen molar-refractivity contribution in [2.45, 2.75) is 53.5 Å². The van der Waals surface area contributed by atoms with Crippen molar-refractivity contribution in [3.63, 3.8) is 0 Å². The number of nitrogens with one attached hydrogen (secondary N) is 2. The molecule has 0 aromatic carbocycles. The third kappa shape index (κ3) is 6.55. The first-order chi connectivity index (χ1) is 14.5. The summed E-state index contributed by atoms with van der Waals surface area (Å²) >= 11 is 0. The number of guanidine groups is 1. The number of likely N-dealkylation sites (tertiary alicyclic amines) is 1. The van der Waals surface area contributed by atoms with Crippen LogP contribution in [0.15, 0.2) is 29.4 Å². The van der Waals surface area contributed by atoms with E-state index in [0.29, 0.717) is 6.54 Å². The molecule has 3 rings (SSSR count). The second-order valence-electron chi connectivity index (χ2n) is 8.36. The number of rotatable bonds is 8. The summed E-state index contributed by atoms with van der Waals surface area (Å²) in [5.41, 5.74) is 3.17. The number of aliphatic imine (C=N–C) groups is 1. The lowest BCUT2D eigenvalue weighted by atomic mass is 9.99. The second kappa shape index (κ2) is 11.1. The fraction of sp³-hybridized carbons (Fsp3) is 0.609. The highest BCUT2D eigenvalue weighted by molar-refractivity contribution is 5.79. The number of nitrogens with zero attached hydrogens (tertiary/aromatic N) is 5. The quantitative estimate of drug-likeness (QED) is 0.397. The maximum atomic E-state index is 4.72. The van der Waals surface area contributed by atoms with Gasteiger partial charge in [0.25, 0.3) is 0 Å². The summed E-state index contributed by atoms with van der Waals surface area (Å²) in [7, 11) is 0. The summed E-state index contributed by atoms with van der Waals surface area (Å²) in [6, 6.07) is 6.13. The predicted octanol–water partition coefficient (Wildman–Crippen LogP) is 3.06. The van der Waals surface area contributed by atoms with Crippen LogP contribution in [0.3, 0.4) is 0 Å². The molecule has 1 aliphatic rings. The standard InChI is InChI=1S/C23H37N7/c1-5-24-23(25-11-6-12-29-13-9-18(2)10-14-29)27-17-21-7-8-22(26-16-21)30-20(4)15-19(3)28-30/h7-8,15-16,18H,5-6,9-14,17H2,1-4H3,(H2,24,25,27). The summed E-state index contributed by atoms with van der Waals surface area (Å²) < 4.78 is 1.87. The monoisotopic (exact) mass is 411 g/mol. The van der Waals surface area contributed by atoms with Crippen LogP contribution in [0.2, 0.25) is 0 Å². The highest BCUT2D eigenvalue weighted by Crippen LogP contribution is 2.15. The molecule has 164 valence electrons. The van der Waals surface area contributed by atoms with Gasteiger partial charge < -0.3 is 15.5 Å². The van der Waals surface area contributed by atoms with E-state index in [1.54, 1.807) is 0 Å². The topological polar surface area (TPSA) is 70.4 Å². The van der Waals surface area contributed by atoms with Gasteiger partial charge in [-0.25, -0.2) is 14.7 Å². The second-order valence-corrected chi connectivity index (χ2v) is 8.36. The van der Waals surface area contributed by atoms with E-state index in [4.69, 9.17) is 4.99 Å². The molecule has 7 heteroatoms. The van der Waals surface area contributed by atoms with Crippen molar-refractivity contribution in [1.29, 1.82) is 0 Å². The number of pyridine rings is 1. The minimum atomic E-state index is 0.601. The molecule has 1 fully saturated rings. The van der Waals surface area contributed by atoms with E-state index in [0.717, 1.165) is 60.7 Å². The minimum absolute atomic E-state index is 0.601.